The van der Waals surface area contributed by atoms with E-state index in [0.717, 1.165) is 26.1 Å². The fourth-order valence-corrected chi connectivity index (χ4v) is 2.83. The first-order valence-corrected chi connectivity index (χ1v) is 7.41. The molecule has 0 aliphatic carbocycles. The van der Waals surface area contributed by atoms with Gasteiger partial charge in [-0.2, -0.15) is 0 Å². The maximum atomic E-state index is 12.9. The summed E-state index contributed by atoms with van der Waals surface area (Å²) in [5, 5.41) is 3.60. The van der Waals surface area contributed by atoms with Gasteiger partial charge in [0.25, 0.3) is 0 Å². The summed E-state index contributed by atoms with van der Waals surface area (Å²) in [5.74, 6) is -0.152. The molecule has 3 heteroatoms. The molecule has 19 heavy (non-hydrogen) atoms. The van der Waals surface area contributed by atoms with Crippen LogP contribution in [0.2, 0.25) is 0 Å². The molecule has 0 amide bonds. The lowest BCUT2D eigenvalue weighted by Gasteiger charge is -2.27. The monoisotopic (exact) mass is 264 g/mol. The zero-order valence-corrected chi connectivity index (χ0v) is 12.0. The van der Waals surface area contributed by atoms with Crippen LogP contribution in [0.4, 0.5) is 4.39 Å². The zero-order valence-electron chi connectivity index (χ0n) is 12.0. The zero-order chi connectivity index (χ0) is 13.7. The molecular formula is C16H25FN2. The fourth-order valence-electron chi connectivity index (χ4n) is 2.83. The third-order valence-electron chi connectivity index (χ3n) is 4.16. The molecule has 2 nitrogen and oxygen atoms in total. The second-order valence-electron chi connectivity index (χ2n) is 5.56. The van der Waals surface area contributed by atoms with Crippen molar-refractivity contribution >= 4 is 0 Å². The van der Waals surface area contributed by atoms with Crippen LogP contribution in [0.3, 0.4) is 0 Å². The largest absolute Gasteiger partial charge is 0.313 e. The van der Waals surface area contributed by atoms with Crippen LogP contribution in [0.25, 0.3) is 0 Å². The standard InChI is InChI=1S/C16H25FN2/c1-3-16-8-10-19(11-9-18-16)13(2)12-14-4-6-15(17)7-5-14/h4-7,13,16,18H,3,8-12H2,1-2H3. The molecule has 1 aromatic carbocycles. The molecule has 1 aliphatic heterocycles. The molecule has 0 radical (unpaired) electrons. The van der Waals surface area contributed by atoms with E-state index in [-0.39, 0.29) is 5.82 Å². The summed E-state index contributed by atoms with van der Waals surface area (Å²) in [6.45, 7) is 7.86. The predicted octanol–water partition coefficient (Wildman–Crippen LogP) is 2.83. The minimum absolute atomic E-state index is 0.152. The lowest BCUT2D eigenvalue weighted by Crippen LogP contribution is -2.37. The van der Waals surface area contributed by atoms with E-state index >= 15 is 0 Å². The summed E-state index contributed by atoms with van der Waals surface area (Å²) in [5.41, 5.74) is 1.22. The number of hydrogen-bond acceptors (Lipinski definition) is 2. The molecule has 1 aliphatic rings. The first-order chi connectivity index (χ1) is 9.19. The highest BCUT2D eigenvalue weighted by atomic mass is 19.1. The average molecular weight is 264 g/mol. The first kappa shape index (κ1) is 14.5. The Hall–Kier alpha value is -0.930. The van der Waals surface area contributed by atoms with E-state index in [9.17, 15) is 4.39 Å². The molecule has 0 bridgehead atoms. The molecule has 0 spiro atoms. The van der Waals surface area contributed by atoms with Crippen molar-refractivity contribution in [3.8, 4) is 0 Å². The van der Waals surface area contributed by atoms with Crippen LogP contribution in [0, 0.1) is 5.82 Å². The minimum Gasteiger partial charge on any atom is -0.313 e. The summed E-state index contributed by atoms with van der Waals surface area (Å²) < 4.78 is 12.9. The molecule has 106 valence electrons. The van der Waals surface area contributed by atoms with Gasteiger partial charge in [-0.1, -0.05) is 19.1 Å². The van der Waals surface area contributed by atoms with Crippen LogP contribution in [0.1, 0.15) is 32.3 Å². The molecule has 0 saturated carbocycles. The Balaban J connectivity index is 1.88. The van der Waals surface area contributed by atoms with E-state index in [2.05, 4.69) is 24.1 Å². The number of benzene rings is 1. The number of nitrogens with one attached hydrogen (secondary N) is 1. The van der Waals surface area contributed by atoms with Gasteiger partial charge in [0.15, 0.2) is 0 Å². The van der Waals surface area contributed by atoms with E-state index in [1.807, 2.05) is 12.1 Å². The molecule has 2 rings (SSSR count). The van der Waals surface area contributed by atoms with Gasteiger partial charge in [-0.3, -0.25) is 4.90 Å². The quantitative estimate of drug-likeness (QED) is 0.899. The maximum Gasteiger partial charge on any atom is 0.123 e. The Bertz CT molecular complexity index is 377. The summed E-state index contributed by atoms with van der Waals surface area (Å²) in [6, 6.07) is 8.09. The first-order valence-electron chi connectivity index (χ1n) is 7.41. The summed E-state index contributed by atoms with van der Waals surface area (Å²) in [4.78, 5) is 2.55. The fraction of sp³-hybridized carbons (Fsp3) is 0.625. The third-order valence-corrected chi connectivity index (χ3v) is 4.16. The van der Waals surface area contributed by atoms with Gasteiger partial charge in [0.1, 0.15) is 5.82 Å². The third kappa shape index (κ3) is 4.29. The topological polar surface area (TPSA) is 15.3 Å². The van der Waals surface area contributed by atoms with Gasteiger partial charge in [0, 0.05) is 25.2 Å². The number of rotatable bonds is 4. The van der Waals surface area contributed by atoms with Crippen molar-refractivity contribution in [1.82, 2.24) is 10.2 Å². The Labute approximate surface area is 116 Å². The summed E-state index contributed by atoms with van der Waals surface area (Å²) >= 11 is 0. The van der Waals surface area contributed by atoms with Crippen LogP contribution >= 0.6 is 0 Å². The molecule has 2 atom stereocenters. The van der Waals surface area contributed by atoms with Crippen molar-refractivity contribution in [1.29, 1.82) is 0 Å². The second-order valence-corrected chi connectivity index (χ2v) is 5.56. The summed E-state index contributed by atoms with van der Waals surface area (Å²) in [7, 11) is 0. The van der Waals surface area contributed by atoms with Crippen LogP contribution < -0.4 is 5.32 Å². The smallest absolute Gasteiger partial charge is 0.123 e. The minimum atomic E-state index is -0.152. The highest BCUT2D eigenvalue weighted by Gasteiger charge is 2.19. The Morgan fingerprint density at radius 2 is 2.05 bits per heavy atom. The van der Waals surface area contributed by atoms with E-state index < -0.39 is 0 Å². The lowest BCUT2D eigenvalue weighted by atomic mass is 10.1. The molecular weight excluding hydrogens is 239 g/mol. The van der Waals surface area contributed by atoms with Crippen LogP contribution in [0.5, 0.6) is 0 Å². The van der Waals surface area contributed by atoms with Gasteiger partial charge in [0.2, 0.25) is 0 Å². The number of nitrogens with zero attached hydrogens (tertiary/aromatic N) is 1. The number of hydrogen-bond donors (Lipinski definition) is 1. The van der Waals surface area contributed by atoms with Gasteiger partial charge in [-0.25, -0.2) is 4.39 Å². The van der Waals surface area contributed by atoms with Crippen molar-refractivity contribution in [2.75, 3.05) is 19.6 Å². The normalized spacial score (nSPS) is 23.0. The van der Waals surface area contributed by atoms with E-state index in [0.29, 0.717) is 12.1 Å². The Kier molecular flexibility index (Phi) is 5.34. The van der Waals surface area contributed by atoms with E-state index in [1.165, 1.54) is 18.4 Å². The van der Waals surface area contributed by atoms with Crippen molar-refractivity contribution in [3.63, 3.8) is 0 Å². The van der Waals surface area contributed by atoms with Crippen LogP contribution in [-0.2, 0) is 6.42 Å². The van der Waals surface area contributed by atoms with Crippen molar-refractivity contribution in [2.45, 2.75) is 45.2 Å². The van der Waals surface area contributed by atoms with E-state index in [4.69, 9.17) is 0 Å². The molecule has 1 heterocycles. The van der Waals surface area contributed by atoms with Gasteiger partial charge in [-0.15, -0.1) is 0 Å². The van der Waals surface area contributed by atoms with Gasteiger partial charge in [-0.05, 0) is 50.4 Å². The summed E-state index contributed by atoms with van der Waals surface area (Å²) in [6.07, 6.45) is 3.43. The van der Waals surface area contributed by atoms with Gasteiger partial charge >= 0.3 is 0 Å². The molecule has 2 unspecified atom stereocenters. The molecule has 0 aromatic heterocycles. The van der Waals surface area contributed by atoms with Crippen LogP contribution in [-0.4, -0.2) is 36.6 Å². The molecule has 1 fully saturated rings. The average Bonchev–Trinajstić information content (AvgIpc) is 2.66. The van der Waals surface area contributed by atoms with Gasteiger partial charge in [0.05, 0.1) is 0 Å². The Morgan fingerprint density at radius 1 is 1.32 bits per heavy atom. The number of halogens is 1. The van der Waals surface area contributed by atoms with Crippen LogP contribution in [0.15, 0.2) is 24.3 Å². The molecule has 1 saturated heterocycles. The SMILES string of the molecule is CCC1CCN(C(C)Cc2ccc(F)cc2)CCN1. The van der Waals surface area contributed by atoms with Crippen molar-refractivity contribution < 1.29 is 4.39 Å². The lowest BCUT2D eigenvalue weighted by molar-refractivity contribution is 0.220. The van der Waals surface area contributed by atoms with E-state index in [1.54, 1.807) is 12.1 Å². The highest BCUT2D eigenvalue weighted by Crippen LogP contribution is 2.13. The maximum absolute atomic E-state index is 12.9. The molecule has 1 aromatic rings. The Morgan fingerprint density at radius 3 is 2.74 bits per heavy atom. The highest BCUT2D eigenvalue weighted by molar-refractivity contribution is 5.17. The van der Waals surface area contributed by atoms with Crippen molar-refractivity contribution in [3.05, 3.63) is 35.6 Å². The second kappa shape index (κ2) is 7.01. The molecule has 1 N–H and O–H groups in total. The van der Waals surface area contributed by atoms with Gasteiger partial charge < -0.3 is 5.32 Å². The van der Waals surface area contributed by atoms with Crippen molar-refractivity contribution in [2.24, 2.45) is 0 Å². The predicted molar refractivity (Wildman–Crippen MR) is 77.8 cm³/mol.